The number of fused-ring (bicyclic) bond motifs is 1. The van der Waals surface area contributed by atoms with Crippen LogP contribution in [0.1, 0.15) is 44.6 Å². The standard InChI is InChI=1S/C24H25ClF2N8O2/c1-3-37-23(36)13-6-8-34(9-7-13)17-11-14(20(26)27)10-16(19(17)25)31-24-32-21(30-15-4-5-15)22-29-12-18(28-2)35(22)33-24/h10-13,15,20H,3-9H2,1H3,(H2,30,31,32,33). The highest BCUT2D eigenvalue weighted by Crippen LogP contribution is 2.40. The second-order valence-corrected chi connectivity index (χ2v) is 9.38. The summed E-state index contributed by atoms with van der Waals surface area (Å²) in [6, 6.07) is 2.90. The van der Waals surface area contributed by atoms with E-state index in [1.54, 1.807) is 6.92 Å². The second kappa shape index (κ2) is 10.3. The van der Waals surface area contributed by atoms with Gasteiger partial charge in [0.1, 0.15) is 0 Å². The van der Waals surface area contributed by atoms with Crippen LogP contribution in [-0.2, 0) is 9.53 Å². The lowest BCUT2D eigenvalue weighted by atomic mass is 9.96. The Morgan fingerprint density at radius 1 is 1.30 bits per heavy atom. The number of ether oxygens (including phenoxy) is 1. The molecule has 2 aliphatic rings. The number of carbonyl (C=O) groups is 1. The molecule has 10 nitrogen and oxygen atoms in total. The molecule has 1 aromatic carbocycles. The van der Waals surface area contributed by atoms with Crippen molar-refractivity contribution < 1.29 is 18.3 Å². The summed E-state index contributed by atoms with van der Waals surface area (Å²) in [5, 5.41) is 10.8. The molecule has 13 heteroatoms. The van der Waals surface area contributed by atoms with E-state index >= 15 is 0 Å². The number of esters is 1. The highest BCUT2D eigenvalue weighted by Gasteiger charge is 2.29. The van der Waals surface area contributed by atoms with Crippen molar-refractivity contribution in [1.82, 2.24) is 19.6 Å². The first-order valence-electron chi connectivity index (χ1n) is 12.1. The Kier molecular flexibility index (Phi) is 6.97. The lowest BCUT2D eigenvalue weighted by Crippen LogP contribution is -2.37. The number of nitrogens with zero attached hydrogens (tertiary/aromatic N) is 6. The first kappa shape index (κ1) is 25.0. The molecule has 1 saturated carbocycles. The first-order chi connectivity index (χ1) is 17.9. The zero-order valence-electron chi connectivity index (χ0n) is 20.0. The molecule has 1 aliphatic heterocycles. The maximum absolute atomic E-state index is 13.9. The third-order valence-electron chi connectivity index (χ3n) is 6.41. The van der Waals surface area contributed by atoms with E-state index < -0.39 is 6.43 Å². The van der Waals surface area contributed by atoms with Crippen LogP contribution in [0, 0.1) is 12.5 Å². The number of carbonyl (C=O) groups excluding carboxylic acids is 1. The number of benzene rings is 1. The van der Waals surface area contributed by atoms with E-state index in [4.69, 9.17) is 22.9 Å². The molecule has 0 amide bonds. The molecule has 2 fully saturated rings. The topological polar surface area (TPSA) is 101 Å². The fourth-order valence-electron chi connectivity index (χ4n) is 4.33. The lowest BCUT2D eigenvalue weighted by molar-refractivity contribution is -0.148. The maximum atomic E-state index is 13.9. The summed E-state index contributed by atoms with van der Waals surface area (Å²) in [6.45, 7) is 10.4. The van der Waals surface area contributed by atoms with Crippen LogP contribution in [0.4, 0.5) is 37.7 Å². The molecule has 1 saturated heterocycles. The maximum Gasteiger partial charge on any atom is 0.309 e. The van der Waals surface area contributed by atoms with E-state index in [1.807, 2.05) is 4.90 Å². The molecule has 3 aromatic rings. The summed E-state index contributed by atoms with van der Waals surface area (Å²) in [7, 11) is 0. The molecule has 194 valence electrons. The Hall–Kier alpha value is -3.72. The average molecular weight is 531 g/mol. The number of imidazole rings is 1. The molecule has 0 atom stereocenters. The number of hydrogen-bond acceptors (Lipinski definition) is 8. The number of piperidine rings is 1. The van der Waals surface area contributed by atoms with Gasteiger partial charge >= 0.3 is 5.97 Å². The number of aromatic nitrogens is 4. The summed E-state index contributed by atoms with van der Waals surface area (Å²) in [4.78, 5) is 26.2. The van der Waals surface area contributed by atoms with Gasteiger partial charge in [-0.05, 0) is 44.7 Å². The monoisotopic (exact) mass is 530 g/mol. The molecule has 0 spiro atoms. The SMILES string of the molecule is [C-]#[N+]c1cnc2c(NC3CC3)nc(Nc3cc(C(F)F)cc(N4CCC(C(=O)OCC)CC4)c3Cl)nn12. The van der Waals surface area contributed by atoms with Crippen LogP contribution < -0.4 is 15.5 Å². The molecule has 0 radical (unpaired) electrons. The quantitative estimate of drug-likeness (QED) is 0.296. The summed E-state index contributed by atoms with van der Waals surface area (Å²) in [5.74, 6) is 0.251. The van der Waals surface area contributed by atoms with Crippen molar-refractivity contribution in [3.05, 3.63) is 40.3 Å². The van der Waals surface area contributed by atoms with Crippen molar-refractivity contribution in [2.24, 2.45) is 5.92 Å². The van der Waals surface area contributed by atoms with Crippen LogP contribution in [-0.4, -0.2) is 51.3 Å². The first-order valence-corrected chi connectivity index (χ1v) is 12.5. The second-order valence-electron chi connectivity index (χ2n) is 9.01. The Labute approximate surface area is 216 Å². The summed E-state index contributed by atoms with van der Waals surface area (Å²) >= 11 is 6.73. The molecular formula is C24H25ClF2N8O2. The highest BCUT2D eigenvalue weighted by molar-refractivity contribution is 6.36. The third-order valence-corrected chi connectivity index (χ3v) is 6.80. The van der Waals surface area contributed by atoms with E-state index in [2.05, 4.69) is 30.5 Å². The molecule has 0 unspecified atom stereocenters. The molecule has 37 heavy (non-hydrogen) atoms. The van der Waals surface area contributed by atoms with Crippen LogP contribution in [0.3, 0.4) is 0 Å². The molecule has 1 aliphatic carbocycles. The molecule has 5 rings (SSSR count). The summed E-state index contributed by atoms with van der Waals surface area (Å²) < 4.78 is 34.2. The van der Waals surface area contributed by atoms with Gasteiger partial charge in [0.15, 0.2) is 5.82 Å². The van der Waals surface area contributed by atoms with E-state index in [-0.39, 0.29) is 46.0 Å². The fourth-order valence-corrected chi connectivity index (χ4v) is 4.61. The predicted molar refractivity (Wildman–Crippen MR) is 135 cm³/mol. The Morgan fingerprint density at radius 2 is 2.05 bits per heavy atom. The largest absolute Gasteiger partial charge is 0.466 e. The minimum absolute atomic E-state index is 0.0823. The summed E-state index contributed by atoms with van der Waals surface area (Å²) in [6.07, 6.45) is 1.73. The van der Waals surface area contributed by atoms with Crippen molar-refractivity contribution in [3.63, 3.8) is 0 Å². The highest BCUT2D eigenvalue weighted by atomic mass is 35.5. The minimum Gasteiger partial charge on any atom is -0.466 e. The van der Waals surface area contributed by atoms with Gasteiger partial charge in [0, 0.05) is 24.7 Å². The number of alkyl halides is 2. The van der Waals surface area contributed by atoms with Gasteiger partial charge in [-0.1, -0.05) is 23.3 Å². The molecule has 2 aromatic heterocycles. The molecule has 0 bridgehead atoms. The molecule has 3 heterocycles. The van der Waals surface area contributed by atoms with Crippen molar-refractivity contribution >= 4 is 52.2 Å². The Morgan fingerprint density at radius 3 is 2.70 bits per heavy atom. The van der Waals surface area contributed by atoms with Crippen LogP contribution in [0.2, 0.25) is 5.02 Å². The van der Waals surface area contributed by atoms with Gasteiger partial charge in [-0.2, -0.15) is 4.98 Å². The van der Waals surface area contributed by atoms with Gasteiger partial charge in [0.05, 0.1) is 35.1 Å². The number of rotatable bonds is 8. The van der Waals surface area contributed by atoms with Gasteiger partial charge in [-0.15, -0.1) is 4.52 Å². The predicted octanol–water partition coefficient (Wildman–Crippen LogP) is 5.36. The number of nitrogens with one attached hydrogen (secondary N) is 2. The van der Waals surface area contributed by atoms with Crippen LogP contribution >= 0.6 is 11.6 Å². The van der Waals surface area contributed by atoms with Gasteiger partial charge in [-0.25, -0.2) is 13.8 Å². The Bertz CT molecular complexity index is 1360. The van der Waals surface area contributed by atoms with E-state index in [1.165, 1.54) is 22.8 Å². The van der Waals surface area contributed by atoms with Crippen molar-refractivity contribution in [2.75, 3.05) is 35.2 Å². The van der Waals surface area contributed by atoms with Gasteiger partial charge in [0.25, 0.3) is 23.8 Å². The average Bonchev–Trinajstić information content (AvgIpc) is 3.61. The van der Waals surface area contributed by atoms with E-state index in [0.717, 1.165) is 12.8 Å². The number of halogens is 3. The smallest absolute Gasteiger partial charge is 0.309 e. The molecular weight excluding hydrogens is 506 g/mol. The minimum atomic E-state index is -2.73. The fraction of sp³-hybridized carbons (Fsp3) is 0.458. The van der Waals surface area contributed by atoms with Crippen molar-refractivity contribution in [3.8, 4) is 0 Å². The number of hydrogen-bond donors (Lipinski definition) is 2. The normalized spacial score (nSPS) is 16.2. The van der Waals surface area contributed by atoms with Gasteiger partial charge in [0.2, 0.25) is 0 Å². The zero-order valence-corrected chi connectivity index (χ0v) is 20.8. The summed E-state index contributed by atoms with van der Waals surface area (Å²) in [5.41, 5.74) is 0.840. The van der Waals surface area contributed by atoms with E-state index in [9.17, 15) is 13.6 Å². The van der Waals surface area contributed by atoms with Crippen molar-refractivity contribution in [2.45, 2.75) is 45.1 Å². The van der Waals surface area contributed by atoms with Crippen LogP contribution in [0.5, 0.6) is 0 Å². The Balaban J connectivity index is 1.46. The number of anilines is 4. The zero-order chi connectivity index (χ0) is 26.1. The third kappa shape index (κ3) is 5.22. The molecule has 2 N–H and O–H groups in total. The van der Waals surface area contributed by atoms with Crippen molar-refractivity contribution in [1.29, 1.82) is 0 Å². The van der Waals surface area contributed by atoms with E-state index in [0.29, 0.717) is 49.7 Å². The van der Waals surface area contributed by atoms with Gasteiger partial charge < -0.3 is 25.1 Å². The van der Waals surface area contributed by atoms with Crippen LogP contribution in [0.25, 0.3) is 10.5 Å². The lowest BCUT2D eigenvalue weighted by Gasteiger charge is -2.33. The van der Waals surface area contributed by atoms with Gasteiger partial charge in [-0.3, -0.25) is 4.79 Å². The van der Waals surface area contributed by atoms with Crippen LogP contribution in [0.15, 0.2) is 18.3 Å².